The topological polar surface area (TPSA) is 94.7 Å². The van der Waals surface area contributed by atoms with Gasteiger partial charge in [-0.2, -0.15) is 10.2 Å². The van der Waals surface area contributed by atoms with Crippen LogP contribution in [-0.2, 0) is 30.7 Å². The van der Waals surface area contributed by atoms with Crippen LogP contribution >= 0.6 is 0 Å². The highest BCUT2D eigenvalue weighted by atomic mass is 32.2. The normalized spacial score (nSPS) is 11.7. The summed E-state index contributed by atoms with van der Waals surface area (Å²) in [5, 5.41) is 7.99. The maximum atomic E-state index is 12.2. The lowest BCUT2D eigenvalue weighted by Crippen LogP contribution is -2.23. The molecule has 0 bridgehead atoms. The van der Waals surface area contributed by atoms with Crippen molar-refractivity contribution in [3.63, 3.8) is 0 Å². The number of nitrogens with one attached hydrogen (secondary N) is 1. The molecule has 0 aliphatic heterocycles. The Balaban J connectivity index is 1.76. The molecule has 3 aromatic heterocycles. The van der Waals surface area contributed by atoms with Crippen molar-refractivity contribution in [1.29, 1.82) is 0 Å². The molecular formula is C14H16N6O2S. The monoisotopic (exact) mass is 332 g/mol. The van der Waals surface area contributed by atoms with Gasteiger partial charge < -0.3 is 0 Å². The fraction of sp³-hybridized carbons (Fsp3) is 0.214. The van der Waals surface area contributed by atoms with Gasteiger partial charge in [0, 0.05) is 56.6 Å². The SMILES string of the molecule is Cn1cc(-c2cncc(CNS(=O)(=O)c3cnn(C)c3)c2)cn1. The molecule has 0 aliphatic carbocycles. The lowest BCUT2D eigenvalue weighted by Gasteiger charge is -2.06. The molecule has 0 aliphatic rings. The van der Waals surface area contributed by atoms with Crippen molar-refractivity contribution in [2.24, 2.45) is 14.1 Å². The molecule has 3 aromatic rings. The van der Waals surface area contributed by atoms with E-state index in [9.17, 15) is 8.42 Å². The summed E-state index contributed by atoms with van der Waals surface area (Å²) in [7, 11) is -0.0855. The zero-order chi connectivity index (χ0) is 16.4. The van der Waals surface area contributed by atoms with Crippen LogP contribution in [0.25, 0.3) is 11.1 Å². The van der Waals surface area contributed by atoms with Gasteiger partial charge in [-0.1, -0.05) is 0 Å². The molecular weight excluding hydrogens is 316 g/mol. The lowest BCUT2D eigenvalue weighted by atomic mass is 10.1. The summed E-state index contributed by atoms with van der Waals surface area (Å²) in [5.74, 6) is 0. The van der Waals surface area contributed by atoms with E-state index in [-0.39, 0.29) is 11.4 Å². The number of aryl methyl sites for hydroxylation is 2. The third kappa shape index (κ3) is 3.46. The van der Waals surface area contributed by atoms with E-state index in [1.807, 2.05) is 19.3 Å². The van der Waals surface area contributed by atoms with Crippen molar-refractivity contribution in [2.75, 3.05) is 0 Å². The smallest absolute Gasteiger partial charge is 0.243 e. The van der Waals surface area contributed by atoms with Gasteiger partial charge in [-0.3, -0.25) is 14.3 Å². The first-order valence-electron chi connectivity index (χ1n) is 6.85. The second-order valence-electron chi connectivity index (χ2n) is 5.16. The summed E-state index contributed by atoms with van der Waals surface area (Å²) in [6, 6.07) is 1.88. The van der Waals surface area contributed by atoms with E-state index in [1.54, 1.807) is 30.3 Å². The van der Waals surface area contributed by atoms with Gasteiger partial charge in [0.2, 0.25) is 10.0 Å². The van der Waals surface area contributed by atoms with Gasteiger partial charge in [0.1, 0.15) is 4.90 Å². The fourth-order valence-corrected chi connectivity index (χ4v) is 3.11. The van der Waals surface area contributed by atoms with Crippen LogP contribution in [0.1, 0.15) is 5.56 Å². The second kappa shape index (κ2) is 5.94. The molecule has 23 heavy (non-hydrogen) atoms. The largest absolute Gasteiger partial charge is 0.275 e. The Morgan fingerprint density at radius 1 is 1.00 bits per heavy atom. The molecule has 9 heteroatoms. The first-order chi connectivity index (χ1) is 10.9. The van der Waals surface area contributed by atoms with Crippen molar-refractivity contribution in [3.05, 3.63) is 48.8 Å². The molecule has 0 fully saturated rings. The molecule has 0 atom stereocenters. The summed E-state index contributed by atoms with van der Waals surface area (Å²) < 4.78 is 30.0. The first-order valence-corrected chi connectivity index (χ1v) is 8.33. The van der Waals surface area contributed by atoms with Crippen LogP contribution in [0, 0.1) is 0 Å². The highest BCUT2D eigenvalue weighted by molar-refractivity contribution is 7.89. The minimum Gasteiger partial charge on any atom is -0.275 e. The summed E-state index contributed by atoms with van der Waals surface area (Å²) in [6.45, 7) is 0.151. The van der Waals surface area contributed by atoms with E-state index < -0.39 is 10.0 Å². The Labute approximate surface area is 133 Å². The van der Waals surface area contributed by atoms with E-state index in [0.717, 1.165) is 16.7 Å². The number of hydrogen-bond acceptors (Lipinski definition) is 5. The Kier molecular flexibility index (Phi) is 3.97. The van der Waals surface area contributed by atoms with Gasteiger partial charge in [-0.15, -0.1) is 0 Å². The van der Waals surface area contributed by atoms with E-state index in [0.29, 0.717) is 0 Å². The molecule has 0 spiro atoms. The first kappa shape index (κ1) is 15.4. The Hall–Kier alpha value is -2.52. The van der Waals surface area contributed by atoms with E-state index in [1.165, 1.54) is 17.1 Å². The van der Waals surface area contributed by atoms with Crippen LogP contribution in [-0.4, -0.2) is 33.0 Å². The molecule has 0 radical (unpaired) electrons. The van der Waals surface area contributed by atoms with Gasteiger partial charge in [0.25, 0.3) is 0 Å². The predicted molar refractivity (Wildman–Crippen MR) is 83.7 cm³/mol. The molecule has 8 nitrogen and oxygen atoms in total. The average Bonchev–Trinajstić information content (AvgIpc) is 3.15. The number of hydrogen-bond donors (Lipinski definition) is 1. The number of rotatable bonds is 5. The number of sulfonamides is 1. The van der Waals surface area contributed by atoms with E-state index >= 15 is 0 Å². The van der Waals surface area contributed by atoms with Crippen LogP contribution in [0.3, 0.4) is 0 Å². The summed E-state index contributed by atoms with van der Waals surface area (Å²) in [5.41, 5.74) is 2.58. The maximum absolute atomic E-state index is 12.2. The zero-order valence-electron chi connectivity index (χ0n) is 12.7. The van der Waals surface area contributed by atoms with Crippen LogP contribution in [0.2, 0.25) is 0 Å². The standard InChI is InChI=1S/C14H16N6O2S/c1-19-9-13(7-16-19)12-3-11(4-15-6-12)5-18-23(21,22)14-8-17-20(2)10-14/h3-4,6-10,18H,5H2,1-2H3. The highest BCUT2D eigenvalue weighted by Crippen LogP contribution is 2.18. The second-order valence-corrected chi connectivity index (χ2v) is 6.93. The molecule has 120 valence electrons. The lowest BCUT2D eigenvalue weighted by molar-refractivity contribution is 0.581. The summed E-state index contributed by atoms with van der Waals surface area (Å²) in [4.78, 5) is 4.30. The fourth-order valence-electron chi connectivity index (χ4n) is 2.11. The minimum atomic E-state index is -3.59. The molecule has 3 rings (SSSR count). The molecule has 0 saturated carbocycles. The third-order valence-electron chi connectivity index (χ3n) is 3.29. The van der Waals surface area contributed by atoms with Gasteiger partial charge in [0.05, 0.1) is 12.4 Å². The summed E-state index contributed by atoms with van der Waals surface area (Å²) in [6.07, 6.45) is 9.72. The van der Waals surface area contributed by atoms with Crippen molar-refractivity contribution in [3.8, 4) is 11.1 Å². The molecule has 0 aromatic carbocycles. The quantitative estimate of drug-likeness (QED) is 0.742. The van der Waals surface area contributed by atoms with Gasteiger partial charge in [-0.25, -0.2) is 13.1 Å². The van der Waals surface area contributed by atoms with Crippen molar-refractivity contribution in [1.82, 2.24) is 29.3 Å². The van der Waals surface area contributed by atoms with E-state index in [2.05, 4.69) is 19.9 Å². The molecule has 1 N–H and O–H groups in total. The number of aromatic nitrogens is 5. The average molecular weight is 332 g/mol. The summed E-state index contributed by atoms with van der Waals surface area (Å²) >= 11 is 0. The number of nitrogens with zero attached hydrogens (tertiary/aromatic N) is 5. The Bertz CT molecular complexity index is 928. The van der Waals surface area contributed by atoms with Crippen molar-refractivity contribution >= 4 is 10.0 Å². The van der Waals surface area contributed by atoms with Crippen molar-refractivity contribution in [2.45, 2.75) is 11.4 Å². The van der Waals surface area contributed by atoms with Crippen LogP contribution in [0.5, 0.6) is 0 Å². The third-order valence-corrected chi connectivity index (χ3v) is 4.65. The van der Waals surface area contributed by atoms with Crippen LogP contribution < -0.4 is 4.72 Å². The zero-order valence-corrected chi connectivity index (χ0v) is 13.5. The molecule has 0 saturated heterocycles. The van der Waals surface area contributed by atoms with Crippen molar-refractivity contribution < 1.29 is 8.42 Å². The van der Waals surface area contributed by atoms with Crippen LogP contribution in [0.15, 0.2) is 48.1 Å². The number of pyridine rings is 1. The van der Waals surface area contributed by atoms with Gasteiger partial charge in [-0.05, 0) is 11.6 Å². The highest BCUT2D eigenvalue weighted by Gasteiger charge is 2.15. The van der Waals surface area contributed by atoms with E-state index in [4.69, 9.17) is 0 Å². The molecule has 3 heterocycles. The predicted octanol–water partition coefficient (Wildman–Crippen LogP) is 0.694. The van der Waals surface area contributed by atoms with Gasteiger partial charge in [0.15, 0.2) is 0 Å². The Morgan fingerprint density at radius 3 is 2.39 bits per heavy atom. The van der Waals surface area contributed by atoms with Crippen LogP contribution in [0.4, 0.5) is 0 Å². The Morgan fingerprint density at radius 2 is 1.74 bits per heavy atom. The van der Waals surface area contributed by atoms with Gasteiger partial charge >= 0.3 is 0 Å². The minimum absolute atomic E-state index is 0.136. The maximum Gasteiger partial charge on any atom is 0.243 e. The molecule has 0 amide bonds. The molecule has 0 unspecified atom stereocenters.